The number of nitrogens with zero attached hydrogens (tertiary/aromatic N) is 1. The van der Waals surface area contributed by atoms with Crippen LogP contribution in [0.1, 0.15) is 0 Å². The van der Waals surface area contributed by atoms with Gasteiger partial charge in [-0.15, -0.1) is 0 Å². The molecule has 0 amide bonds. The summed E-state index contributed by atoms with van der Waals surface area (Å²) < 4.78 is 5.43. The van der Waals surface area contributed by atoms with E-state index in [-0.39, 0.29) is 0 Å². The van der Waals surface area contributed by atoms with Gasteiger partial charge in [0, 0.05) is 18.1 Å². The predicted molar refractivity (Wildman–Crippen MR) is 56.3 cm³/mol. The van der Waals surface area contributed by atoms with E-state index in [0.29, 0.717) is 19.0 Å². The van der Waals surface area contributed by atoms with E-state index in [0.717, 1.165) is 10.8 Å². The minimum atomic E-state index is 0.501. The van der Waals surface area contributed by atoms with E-state index >= 15 is 0 Å². The Hall–Kier alpha value is -1.61. The van der Waals surface area contributed by atoms with Crippen molar-refractivity contribution in [3.8, 4) is 5.88 Å². The second-order valence-electron chi connectivity index (χ2n) is 2.97. The standard InChI is InChI=1S/C11H12N2O/c12-6-8-14-11-10-4-2-1-3-9(10)5-7-13-11/h1-5,7H,6,8,12H2. The lowest BCUT2D eigenvalue weighted by molar-refractivity contribution is 0.320. The molecule has 3 heteroatoms. The summed E-state index contributed by atoms with van der Waals surface area (Å²) in [7, 11) is 0. The number of hydrogen-bond donors (Lipinski definition) is 1. The van der Waals surface area contributed by atoms with Crippen molar-refractivity contribution in [1.29, 1.82) is 0 Å². The predicted octanol–water partition coefficient (Wildman–Crippen LogP) is 1.57. The van der Waals surface area contributed by atoms with Gasteiger partial charge >= 0.3 is 0 Å². The zero-order valence-corrected chi connectivity index (χ0v) is 7.81. The molecule has 2 rings (SSSR count). The molecule has 0 saturated carbocycles. The van der Waals surface area contributed by atoms with E-state index in [2.05, 4.69) is 4.98 Å². The largest absolute Gasteiger partial charge is 0.476 e. The Balaban J connectivity index is 2.43. The topological polar surface area (TPSA) is 48.1 Å². The Morgan fingerprint density at radius 1 is 1.21 bits per heavy atom. The second-order valence-corrected chi connectivity index (χ2v) is 2.97. The minimum Gasteiger partial charge on any atom is -0.476 e. The van der Waals surface area contributed by atoms with Crippen molar-refractivity contribution in [3.63, 3.8) is 0 Å². The van der Waals surface area contributed by atoms with E-state index in [1.54, 1.807) is 6.20 Å². The SMILES string of the molecule is NCCOc1nccc2ccccc12. The van der Waals surface area contributed by atoms with Crippen LogP contribution < -0.4 is 10.5 Å². The molecule has 2 aromatic rings. The van der Waals surface area contributed by atoms with Crippen LogP contribution in [0.2, 0.25) is 0 Å². The molecule has 0 spiro atoms. The van der Waals surface area contributed by atoms with E-state index in [1.807, 2.05) is 30.3 Å². The third kappa shape index (κ3) is 1.67. The highest BCUT2D eigenvalue weighted by Gasteiger charge is 2.00. The second kappa shape index (κ2) is 4.07. The van der Waals surface area contributed by atoms with Crippen LogP contribution in [0.5, 0.6) is 5.88 Å². The zero-order valence-electron chi connectivity index (χ0n) is 7.81. The lowest BCUT2D eigenvalue weighted by Gasteiger charge is -2.06. The van der Waals surface area contributed by atoms with Gasteiger partial charge in [0.1, 0.15) is 6.61 Å². The summed E-state index contributed by atoms with van der Waals surface area (Å²) >= 11 is 0. The Morgan fingerprint density at radius 2 is 2.07 bits per heavy atom. The molecule has 0 radical (unpaired) electrons. The van der Waals surface area contributed by atoms with Gasteiger partial charge in [-0.2, -0.15) is 0 Å². The number of benzene rings is 1. The lowest BCUT2D eigenvalue weighted by Crippen LogP contribution is -2.11. The quantitative estimate of drug-likeness (QED) is 0.795. The average Bonchev–Trinajstić information content (AvgIpc) is 2.26. The summed E-state index contributed by atoms with van der Waals surface area (Å²) in [5, 5.41) is 2.16. The number of pyridine rings is 1. The summed E-state index contributed by atoms with van der Waals surface area (Å²) in [5.74, 6) is 0.661. The van der Waals surface area contributed by atoms with Gasteiger partial charge in [-0.25, -0.2) is 4.98 Å². The van der Waals surface area contributed by atoms with E-state index < -0.39 is 0 Å². The molecule has 14 heavy (non-hydrogen) atoms. The summed E-state index contributed by atoms with van der Waals surface area (Å²) in [6, 6.07) is 9.96. The first-order valence-corrected chi connectivity index (χ1v) is 4.58. The van der Waals surface area contributed by atoms with Gasteiger partial charge in [0.05, 0.1) is 0 Å². The fourth-order valence-electron chi connectivity index (χ4n) is 1.36. The number of nitrogens with two attached hydrogens (primary N) is 1. The van der Waals surface area contributed by atoms with Gasteiger partial charge in [-0.1, -0.05) is 18.2 Å². The van der Waals surface area contributed by atoms with Crippen molar-refractivity contribution in [2.75, 3.05) is 13.2 Å². The average molecular weight is 188 g/mol. The third-order valence-electron chi connectivity index (χ3n) is 1.99. The van der Waals surface area contributed by atoms with Crippen LogP contribution in [0.4, 0.5) is 0 Å². The number of rotatable bonds is 3. The molecule has 0 saturated heterocycles. The molecule has 1 heterocycles. The highest BCUT2D eigenvalue weighted by Crippen LogP contribution is 2.21. The normalized spacial score (nSPS) is 10.4. The zero-order chi connectivity index (χ0) is 9.80. The molecule has 0 fully saturated rings. The first kappa shape index (κ1) is 8.97. The fraction of sp³-hybridized carbons (Fsp3) is 0.182. The fourth-order valence-corrected chi connectivity index (χ4v) is 1.36. The number of aromatic nitrogens is 1. The Labute approximate surface area is 82.5 Å². The summed E-state index contributed by atoms with van der Waals surface area (Å²) in [5.41, 5.74) is 5.37. The molecular weight excluding hydrogens is 176 g/mol. The van der Waals surface area contributed by atoms with Crippen LogP contribution in [-0.4, -0.2) is 18.1 Å². The molecule has 0 aliphatic carbocycles. The van der Waals surface area contributed by atoms with Crippen molar-refractivity contribution in [3.05, 3.63) is 36.5 Å². The maximum atomic E-state index is 5.43. The Kier molecular flexibility index (Phi) is 2.60. The van der Waals surface area contributed by atoms with Gasteiger partial charge in [0.15, 0.2) is 0 Å². The maximum absolute atomic E-state index is 5.43. The molecule has 0 unspecified atom stereocenters. The molecule has 0 aliphatic heterocycles. The van der Waals surface area contributed by atoms with Crippen molar-refractivity contribution < 1.29 is 4.74 Å². The highest BCUT2D eigenvalue weighted by molar-refractivity contribution is 5.86. The molecule has 0 bridgehead atoms. The van der Waals surface area contributed by atoms with Crippen LogP contribution >= 0.6 is 0 Å². The lowest BCUT2D eigenvalue weighted by atomic mass is 10.2. The maximum Gasteiger partial charge on any atom is 0.221 e. The van der Waals surface area contributed by atoms with Gasteiger partial charge in [0.2, 0.25) is 5.88 Å². The monoisotopic (exact) mass is 188 g/mol. The summed E-state index contributed by atoms with van der Waals surface area (Å²) in [6.45, 7) is 1.01. The number of fused-ring (bicyclic) bond motifs is 1. The van der Waals surface area contributed by atoms with E-state index in [1.165, 1.54) is 0 Å². The molecule has 72 valence electrons. The van der Waals surface area contributed by atoms with Crippen molar-refractivity contribution in [2.45, 2.75) is 0 Å². The molecule has 1 aromatic heterocycles. The molecule has 0 aliphatic rings. The minimum absolute atomic E-state index is 0.501. The van der Waals surface area contributed by atoms with Crippen molar-refractivity contribution in [1.82, 2.24) is 4.98 Å². The highest BCUT2D eigenvalue weighted by atomic mass is 16.5. The Bertz CT molecular complexity index is 423. The number of hydrogen-bond acceptors (Lipinski definition) is 3. The van der Waals surface area contributed by atoms with Crippen LogP contribution in [-0.2, 0) is 0 Å². The summed E-state index contributed by atoms with van der Waals surface area (Å²) in [6.07, 6.45) is 1.74. The van der Waals surface area contributed by atoms with Crippen molar-refractivity contribution in [2.24, 2.45) is 5.73 Å². The third-order valence-corrected chi connectivity index (χ3v) is 1.99. The molecule has 3 nitrogen and oxygen atoms in total. The number of ether oxygens (including phenoxy) is 1. The molecule has 0 atom stereocenters. The van der Waals surface area contributed by atoms with E-state index in [4.69, 9.17) is 10.5 Å². The first-order valence-electron chi connectivity index (χ1n) is 4.58. The molecule has 1 aromatic carbocycles. The van der Waals surface area contributed by atoms with Crippen molar-refractivity contribution >= 4 is 10.8 Å². The van der Waals surface area contributed by atoms with E-state index in [9.17, 15) is 0 Å². The van der Waals surface area contributed by atoms with Crippen LogP contribution in [0.25, 0.3) is 10.8 Å². The van der Waals surface area contributed by atoms with Gasteiger partial charge in [-0.05, 0) is 17.5 Å². The first-order chi connectivity index (χ1) is 6.92. The van der Waals surface area contributed by atoms with Gasteiger partial charge in [0.25, 0.3) is 0 Å². The van der Waals surface area contributed by atoms with Gasteiger partial charge in [-0.3, -0.25) is 0 Å². The molecular formula is C11H12N2O. The van der Waals surface area contributed by atoms with Crippen LogP contribution in [0.15, 0.2) is 36.5 Å². The van der Waals surface area contributed by atoms with Crippen LogP contribution in [0, 0.1) is 0 Å². The Morgan fingerprint density at radius 3 is 2.93 bits per heavy atom. The molecule has 2 N–H and O–H groups in total. The van der Waals surface area contributed by atoms with Crippen LogP contribution in [0.3, 0.4) is 0 Å². The summed E-state index contributed by atoms with van der Waals surface area (Å²) in [4.78, 5) is 4.17. The van der Waals surface area contributed by atoms with Gasteiger partial charge < -0.3 is 10.5 Å². The smallest absolute Gasteiger partial charge is 0.221 e.